The Hall–Kier alpha value is -5.83. The van der Waals surface area contributed by atoms with Crippen molar-refractivity contribution in [1.29, 1.82) is 0 Å². The summed E-state index contributed by atoms with van der Waals surface area (Å²) in [5.41, 5.74) is 11.9. The van der Waals surface area contributed by atoms with E-state index in [9.17, 15) is 14.4 Å². The van der Waals surface area contributed by atoms with Crippen LogP contribution < -0.4 is 24.8 Å². The van der Waals surface area contributed by atoms with E-state index in [1.807, 2.05) is 48.6 Å². The number of hydrogen-bond acceptors (Lipinski definition) is 6. The van der Waals surface area contributed by atoms with Gasteiger partial charge in [-0.15, -0.1) is 0 Å². The van der Waals surface area contributed by atoms with Crippen LogP contribution in [0.2, 0.25) is 0 Å². The van der Waals surface area contributed by atoms with Gasteiger partial charge in [-0.05, 0) is 130 Å². The van der Waals surface area contributed by atoms with Crippen molar-refractivity contribution in [2.75, 3.05) is 32.0 Å². The van der Waals surface area contributed by atoms with Gasteiger partial charge < -0.3 is 30.0 Å². The number of carbonyl (C=O) groups is 3. The van der Waals surface area contributed by atoms with Gasteiger partial charge in [-0.25, -0.2) is 0 Å². The van der Waals surface area contributed by atoms with Crippen LogP contribution in [-0.2, 0) is 20.8 Å². The van der Waals surface area contributed by atoms with Crippen molar-refractivity contribution in [3.63, 3.8) is 0 Å². The van der Waals surface area contributed by atoms with Gasteiger partial charge in [0.15, 0.2) is 0 Å². The number of hydrogen-bond donors (Lipinski definition) is 3. The lowest BCUT2D eigenvalue weighted by atomic mass is 9.90. The number of anilines is 2. The third-order valence-corrected chi connectivity index (χ3v) is 10.4. The third kappa shape index (κ3) is 9.42. The molecule has 300 valence electrons. The van der Waals surface area contributed by atoms with E-state index in [-0.39, 0.29) is 30.1 Å². The van der Waals surface area contributed by atoms with Gasteiger partial charge in [-0.1, -0.05) is 61.5 Å². The number of aryl methyl sites for hydroxylation is 1. The minimum absolute atomic E-state index is 0.0627. The zero-order valence-electron chi connectivity index (χ0n) is 35.0. The van der Waals surface area contributed by atoms with Crippen molar-refractivity contribution in [2.24, 2.45) is 0 Å². The summed E-state index contributed by atoms with van der Waals surface area (Å²) in [5.74, 6) is 2.72. The first-order valence-corrected chi connectivity index (χ1v) is 19.6. The van der Waals surface area contributed by atoms with E-state index in [1.54, 1.807) is 21.3 Å². The second-order valence-electron chi connectivity index (χ2n) is 15.8. The summed E-state index contributed by atoms with van der Waals surface area (Å²) in [4.78, 5) is 36.1. The second kappa shape index (κ2) is 18.0. The van der Waals surface area contributed by atoms with E-state index < -0.39 is 5.97 Å². The summed E-state index contributed by atoms with van der Waals surface area (Å²) in [6.07, 6.45) is 4.37. The number of methoxy groups -OCH3 is 3. The maximum Gasteiger partial charge on any atom is 0.303 e. The molecule has 57 heavy (non-hydrogen) atoms. The predicted molar refractivity (Wildman–Crippen MR) is 231 cm³/mol. The highest BCUT2D eigenvalue weighted by Gasteiger charge is 2.27. The topological polar surface area (TPSA) is 123 Å². The van der Waals surface area contributed by atoms with Crippen LogP contribution in [0.3, 0.4) is 0 Å². The van der Waals surface area contributed by atoms with Crippen molar-refractivity contribution in [3.8, 4) is 17.2 Å². The van der Waals surface area contributed by atoms with E-state index in [1.165, 1.54) is 0 Å². The molecule has 0 saturated heterocycles. The largest absolute Gasteiger partial charge is 0.497 e. The molecule has 3 N–H and O–H groups in total. The number of benzene rings is 4. The SMILES string of the molecule is COc1c(C(C)C)cc(C=C2C(=O)Nc3ccc(CCC(=O)O)cc32)cc1C(C)C.COc1ccc2c(c1)NC(=O)C2=Cc1cc(C(C)C)c(OC)c(C(C)C)c1. The number of rotatable bonds is 12. The fraction of sp³-hybridized carbons (Fsp3) is 0.354. The molecule has 9 nitrogen and oxygen atoms in total. The van der Waals surface area contributed by atoms with Crippen LogP contribution in [0.15, 0.2) is 60.7 Å². The van der Waals surface area contributed by atoms with Crippen LogP contribution in [0, 0.1) is 0 Å². The van der Waals surface area contributed by atoms with Crippen LogP contribution >= 0.6 is 0 Å². The van der Waals surface area contributed by atoms with Gasteiger partial charge in [0.25, 0.3) is 11.8 Å². The highest BCUT2D eigenvalue weighted by molar-refractivity contribution is 6.35. The Kier molecular flexibility index (Phi) is 13.3. The number of ether oxygens (including phenoxy) is 3. The van der Waals surface area contributed by atoms with Crippen LogP contribution in [0.4, 0.5) is 11.4 Å². The van der Waals surface area contributed by atoms with Crippen molar-refractivity contribution in [1.82, 2.24) is 0 Å². The highest BCUT2D eigenvalue weighted by Crippen LogP contribution is 2.41. The maximum absolute atomic E-state index is 12.7. The molecule has 0 spiro atoms. The summed E-state index contributed by atoms with van der Waals surface area (Å²) in [6, 6.07) is 19.7. The predicted octanol–water partition coefficient (Wildman–Crippen LogP) is 10.9. The van der Waals surface area contributed by atoms with Gasteiger partial charge in [0.1, 0.15) is 17.2 Å². The Morgan fingerprint density at radius 3 is 1.47 bits per heavy atom. The number of carboxylic acids is 1. The minimum atomic E-state index is -0.832. The first kappa shape index (κ1) is 42.3. The molecule has 4 aromatic rings. The summed E-state index contributed by atoms with van der Waals surface area (Å²) in [7, 11) is 5.04. The smallest absolute Gasteiger partial charge is 0.303 e. The van der Waals surface area contributed by atoms with Gasteiger partial charge in [-0.3, -0.25) is 14.4 Å². The molecule has 0 saturated carbocycles. The van der Waals surface area contributed by atoms with E-state index >= 15 is 0 Å². The number of nitrogens with one attached hydrogen (secondary N) is 2. The number of fused-ring (bicyclic) bond motifs is 2. The second-order valence-corrected chi connectivity index (χ2v) is 15.8. The summed E-state index contributed by atoms with van der Waals surface area (Å²) in [5, 5.41) is 14.8. The van der Waals surface area contributed by atoms with Gasteiger partial charge >= 0.3 is 5.97 Å². The first-order chi connectivity index (χ1) is 27.1. The Bertz CT molecular complexity index is 2190. The highest BCUT2D eigenvalue weighted by atomic mass is 16.5. The summed E-state index contributed by atoms with van der Waals surface area (Å²) >= 11 is 0. The van der Waals surface area contributed by atoms with Crippen molar-refractivity contribution >= 4 is 52.5 Å². The average Bonchev–Trinajstić information content (AvgIpc) is 3.65. The molecule has 0 fully saturated rings. The van der Waals surface area contributed by atoms with Crippen LogP contribution in [0.25, 0.3) is 23.3 Å². The molecule has 2 aliphatic heterocycles. The molecule has 0 aromatic heterocycles. The lowest BCUT2D eigenvalue weighted by Crippen LogP contribution is -2.04. The molecule has 0 atom stereocenters. The molecular formula is C48H56N2O7. The molecule has 6 rings (SSSR count). The molecule has 9 heteroatoms. The summed E-state index contributed by atoms with van der Waals surface area (Å²) < 4.78 is 16.7. The van der Waals surface area contributed by atoms with Gasteiger partial charge in [0, 0.05) is 40.4 Å². The quantitative estimate of drug-likeness (QED) is 0.123. The Labute approximate surface area is 337 Å². The average molecular weight is 773 g/mol. The molecular weight excluding hydrogens is 717 g/mol. The van der Waals surface area contributed by atoms with Crippen molar-refractivity contribution in [2.45, 2.75) is 91.9 Å². The Morgan fingerprint density at radius 2 is 1.05 bits per heavy atom. The lowest BCUT2D eigenvalue weighted by Gasteiger charge is -2.19. The molecule has 0 bridgehead atoms. The minimum Gasteiger partial charge on any atom is -0.497 e. The van der Waals surface area contributed by atoms with Crippen molar-refractivity contribution < 1.29 is 33.7 Å². The zero-order valence-corrected chi connectivity index (χ0v) is 35.0. The number of carboxylic acid groups (broad SMARTS) is 1. The standard InChI is InChI=1S/C25H29NO4.C23H27NO3/c1-14(2)18-11-17(12-19(15(3)4)24(18)30-5)13-21-20-10-16(7-9-23(27)28)6-8-22(20)26-25(21)29;1-13(2)18-9-15(10-19(14(3)4)22(18)27-6)11-20-17-8-7-16(26-5)12-21(17)24-23(20)25/h6,8,10-15H,7,9H2,1-5H3,(H,26,29)(H,27,28);7-14H,1-6H3,(H,24,25). The van der Waals surface area contributed by atoms with E-state index in [2.05, 4.69) is 90.3 Å². The van der Waals surface area contributed by atoms with Gasteiger partial charge in [0.05, 0.1) is 27.0 Å². The Morgan fingerprint density at radius 1 is 0.596 bits per heavy atom. The maximum atomic E-state index is 12.7. The normalized spacial score (nSPS) is 14.5. The molecule has 0 radical (unpaired) electrons. The van der Waals surface area contributed by atoms with E-state index in [0.29, 0.717) is 29.4 Å². The Balaban J connectivity index is 0.000000219. The van der Waals surface area contributed by atoms with Gasteiger partial charge in [-0.2, -0.15) is 0 Å². The van der Waals surface area contributed by atoms with Gasteiger partial charge in [0.2, 0.25) is 0 Å². The number of carbonyl (C=O) groups excluding carboxylic acids is 2. The number of amides is 2. The lowest BCUT2D eigenvalue weighted by molar-refractivity contribution is -0.137. The first-order valence-electron chi connectivity index (χ1n) is 19.6. The molecule has 0 aliphatic carbocycles. The monoisotopic (exact) mass is 772 g/mol. The molecule has 2 heterocycles. The fourth-order valence-electron chi connectivity index (χ4n) is 7.31. The van der Waals surface area contributed by atoms with E-state index in [0.717, 1.165) is 78.7 Å². The molecule has 2 amide bonds. The van der Waals surface area contributed by atoms with Crippen LogP contribution in [0.5, 0.6) is 17.2 Å². The van der Waals surface area contributed by atoms with Crippen LogP contribution in [0.1, 0.15) is 136 Å². The number of aliphatic carboxylic acids is 1. The molecule has 2 aliphatic rings. The zero-order chi connectivity index (χ0) is 41.7. The fourth-order valence-corrected chi connectivity index (χ4v) is 7.31. The van der Waals surface area contributed by atoms with Crippen LogP contribution in [-0.4, -0.2) is 44.2 Å². The summed E-state index contributed by atoms with van der Waals surface area (Å²) in [6.45, 7) is 17.1. The third-order valence-electron chi connectivity index (χ3n) is 10.4. The molecule has 0 unspecified atom stereocenters. The molecule has 4 aromatic carbocycles. The van der Waals surface area contributed by atoms with E-state index in [4.69, 9.17) is 19.3 Å². The van der Waals surface area contributed by atoms with Crippen molar-refractivity contribution in [3.05, 3.63) is 111 Å².